The van der Waals surface area contributed by atoms with E-state index in [4.69, 9.17) is 0 Å². The summed E-state index contributed by atoms with van der Waals surface area (Å²) in [5.74, 6) is -0.418. The monoisotopic (exact) mass is 375 g/mol. The minimum Gasteiger partial charge on any atom is -0.361 e. The molecule has 1 unspecified atom stereocenters. The highest BCUT2D eigenvalue weighted by atomic mass is 16.2. The van der Waals surface area contributed by atoms with E-state index in [0.29, 0.717) is 13.1 Å². The summed E-state index contributed by atoms with van der Waals surface area (Å²) < 4.78 is 0. The van der Waals surface area contributed by atoms with Crippen LogP contribution < -0.4 is 5.32 Å². The van der Waals surface area contributed by atoms with E-state index in [9.17, 15) is 9.59 Å². The van der Waals surface area contributed by atoms with Crippen LogP contribution in [0.4, 0.5) is 0 Å². The van der Waals surface area contributed by atoms with Gasteiger partial charge in [-0.2, -0.15) is 0 Å². The first kappa shape index (κ1) is 19.4. The zero-order valence-corrected chi connectivity index (χ0v) is 16.0. The number of likely N-dealkylation sites (N-methyl/N-ethyl adjacent to an activating group) is 1. The standard InChI is InChI=1S/C23H25N3O2/c1-3-23(28)26(4-2)16-22(27)25-14-19(17-10-6-5-7-11-17)20-15-24-21-13-9-8-12-18(20)21/h3,5-13,15,19,24H,1,4,14,16H2,2H3,(H,25,27). The molecule has 0 aliphatic heterocycles. The molecule has 2 N–H and O–H groups in total. The minimum atomic E-state index is -0.242. The second-order valence-electron chi connectivity index (χ2n) is 6.61. The van der Waals surface area contributed by atoms with Crippen molar-refractivity contribution in [1.82, 2.24) is 15.2 Å². The van der Waals surface area contributed by atoms with Gasteiger partial charge < -0.3 is 15.2 Å². The quantitative estimate of drug-likeness (QED) is 0.592. The molecule has 1 aromatic heterocycles. The molecular weight excluding hydrogens is 350 g/mol. The molecule has 0 saturated heterocycles. The Bertz CT molecular complexity index is 962. The topological polar surface area (TPSA) is 65.2 Å². The van der Waals surface area contributed by atoms with Crippen molar-refractivity contribution >= 4 is 22.7 Å². The fourth-order valence-corrected chi connectivity index (χ4v) is 3.39. The van der Waals surface area contributed by atoms with Gasteiger partial charge in [0.05, 0.1) is 6.54 Å². The number of para-hydroxylation sites is 1. The van der Waals surface area contributed by atoms with E-state index in [1.807, 2.05) is 49.5 Å². The van der Waals surface area contributed by atoms with Gasteiger partial charge in [0.15, 0.2) is 0 Å². The van der Waals surface area contributed by atoms with E-state index in [1.54, 1.807) is 0 Å². The van der Waals surface area contributed by atoms with Crippen molar-refractivity contribution in [3.05, 3.63) is 84.6 Å². The van der Waals surface area contributed by atoms with Crippen LogP contribution in [0.25, 0.3) is 10.9 Å². The fraction of sp³-hybridized carbons (Fsp3) is 0.217. The molecule has 1 atom stereocenters. The van der Waals surface area contributed by atoms with E-state index in [0.717, 1.165) is 22.0 Å². The number of rotatable bonds is 8. The van der Waals surface area contributed by atoms with Gasteiger partial charge in [-0.05, 0) is 30.2 Å². The van der Waals surface area contributed by atoms with Crippen molar-refractivity contribution in [2.75, 3.05) is 19.6 Å². The summed E-state index contributed by atoms with van der Waals surface area (Å²) in [4.78, 5) is 29.0. The van der Waals surface area contributed by atoms with Crippen molar-refractivity contribution in [2.24, 2.45) is 0 Å². The zero-order chi connectivity index (χ0) is 19.9. The summed E-state index contributed by atoms with van der Waals surface area (Å²) in [5, 5.41) is 4.14. The van der Waals surface area contributed by atoms with Crippen LogP contribution >= 0.6 is 0 Å². The van der Waals surface area contributed by atoms with Gasteiger partial charge in [-0.1, -0.05) is 55.1 Å². The van der Waals surface area contributed by atoms with Gasteiger partial charge in [-0.15, -0.1) is 0 Å². The number of hydrogen-bond donors (Lipinski definition) is 2. The minimum absolute atomic E-state index is 0.00600. The molecule has 0 fully saturated rings. The highest BCUT2D eigenvalue weighted by Gasteiger charge is 2.20. The Balaban J connectivity index is 1.80. The maximum Gasteiger partial charge on any atom is 0.246 e. The summed E-state index contributed by atoms with van der Waals surface area (Å²) >= 11 is 0. The molecule has 0 saturated carbocycles. The first-order valence-corrected chi connectivity index (χ1v) is 9.43. The number of fused-ring (bicyclic) bond motifs is 1. The van der Waals surface area contributed by atoms with Crippen LogP contribution in [-0.4, -0.2) is 41.3 Å². The molecule has 1 heterocycles. The number of carbonyl (C=O) groups excluding carboxylic acids is 2. The fourth-order valence-electron chi connectivity index (χ4n) is 3.39. The number of nitrogens with zero attached hydrogens (tertiary/aromatic N) is 1. The lowest BCUT2D eigenvalue weighted by atomic mass is 9.91. The molecule has 0 aliphatic rings. The van der Waals surface area contributed by atoms with Crippen LogP contribution in [0.2, 0.25) is 0 Å². The summed E-state index contributed by atoms with van der Waals surface area (Å²) in [6, 6.07) is 18.3. The van der Waals surface area contributed by atoms with E-state index < -0.39 is 0 Å². The number of benzene rings is 2. The van der Waals surface area contributed by atoms with Crippen LogP contribution in [0.5, 0.6) is 0 Å². The predicted octanol–water partition coefficient (Wildman–Crippen LogP) is 3.45. The van der Waals surface area contributed by atoms with Gasteiger partial charge in [0.25, 0.3) is 0 Å². The Kier molecular flexibility index (Phi) is 6.27. The van der Waals surface area contributed by atoms with Gasteiger partial charge in [-0.3, -0.25) is 9.59 Å². The number of carbonyl (C=O) groups is 2. The summed E-state index contributed by atoms with van der Waals surface area (Å²) in [7, 11) is 0. The van der Waals surface area contributed by atoms with Crippen LogP contribution in [0.1, 0.15) is 24.0 Å². The maximum atomic E-state index is 12.5. The summed E-state index contributed by atoms with van der Waals surface area (Å²) in [6.07, 6.45) is 3.24. The third-order valence-electron chi connectivity index (χ3n) is 4.90. The molecule has 5 heteroatoms. The lowest BCUT2D eigenvalue weighted by molar-refractivity contribution is -0.132. The molecule has 2 amide bonds. The highest BCUT2D eigenvalue weighted by molar-refractivity contribution is 5.91. The van der Waals surface area contributed by atoms with E-state index in [-0.39, 0.29) is 24.3 Å². The molecule has 0 radical (unpaired) electrons. The number of aromatic amines is 1. The molecule has 144 valence electrons. The van der Waals surface area contributed by atoms with Gasteiger partial charge in [0.2, 0.25) is 11.8 Å². The van der Waals surface area contributed by atoms with E-state index in [1.165, 1.54) is 11.0 Å². The normalized spacial score (nSPS) is 11.8. The van der Waals surface area contributed by atoms with Gasteiger partial charge in [0.1, 0.15) is 0 Å². The maximum absolute atomic E-state index is 12.5. The lowest BCUT2D eigenvalue weighted by Crippen LogP contribution is -2.41. The molecule has 0 spiro atoms. The number of amides is 2. The largest absolute Gasteiger partial charge is 0.361 e. The SMILES string of the molecule is C=CC(=O)N(CC)CC(=O)NCC(c1ccccc1)c1c[nH]c2ccccc12. The van der Waals surface area contributed by atoms with Crippen molar-refractivity contribution in [3.8, 4) is 0 Å². The van der Waals surface area contributed by atoms with Gasteiger partial charge >= 0.3 is 0 Å². The lowest BCUT2D eigenvalue weighted by Gasteiger charge is -2.21. The summed E-state index contributed by atoms with van der Waals surface area (Å²) in [6.45, 7) is 6.26. The Labute approximate surface area is 165 Å². The highest BCUT2D eigenvalue weighted by Crippen LogP contribution is 2.30. The van der Waals surface area contributed by atoms with Crippen LogP contribution in [0, 0.1) is 0 Å². The Hall–Kier alpha value is -3.34. The molecule has 3 rings (SSSR count). The Morgan fingerprint density at radius 1 is 1.14 bits per heavy atom. The first-order valence-electron chi connectivity index (χ1n) is 9.43. The third kappa shape index (κ3) is 4.31. The van der Waals surface area contributed by atoms with Crippen molar-refractivity contribution in [2.45, 2.75) is 12.8 Å². The predicted molar refractivity (Wildman–Crippen MR) is 112 cm³/mol. The molecular formula is C23H25N3O2. The molecule has 0 bridgehead atoms. The van der Waals surface area contributed by atoms with Gasteiger partial charge in [-0.25, -0.2) is 0 Å². The van der Waals surface area contributed by atoms with Crippen LogP contribution in [0.3, 0.4) is 0 Å². The molecule has 28 heavy (non-hydrogen) atoms. The van der Waals surface area contributed by atoms with Crippen molar-refractivity contribution in [3.63, 3.8) is 0 Å². The van der Waals surface area contributed by atoms with Crippen molar-refractivity contribution < 1.29 is 9.59 Å². The first-order chi connectivity index (χ1) is 13.6. The Morgan fingerprint density at radius 2 is 1.86 bits per heavy atom. The number of nitrogens with one attached hydrogen (secondary N) is 2. The Morgan fingerprint density at radius 3 is 2.57 bits per heavy atom. The molecule has 0 aliphatic carbocycles. The smallest absolute Gasteiger partial charge is 0.246 e. The second kappa shape index (κ2) is 9.04. The number of aromatic nitrogens is 1. The average molecular weight is 375 g/mol. The van der Waals surface area contributed by atoms with E-state index >= 15 is 0 Å². The van der Waals surface area contributed by atoms with Gasteiger partial charge in [0, 0.05) is 36.1 Å². The number of hydrogen-bond acceptors (Lipinski definition) is 2. The average Bonchev–Trinajstić information content (AvgIpc) is 3.16. The molecule has 5 nitrogen and oxygen atoms in total. The number of H-pyrrole nitrogens is 1. The molecule has 3 aromatic rings. The van der Waals surface area contributed by atoms with E-state index in [2.05, 4.69) is 35.1 Å². The zero-order valence-electron chi connectivity index (χ0n) is 16.0. The molecule has 2 aromatic carbocycles. The third-order valence-corrected chi connectivity index (χ3v) is 4.90. The summed E-state index contributed by atoms with van der Waals surface area (Å²) in [5.41, 5.74) is 3.33. The van der Waals surface area contributed by atoms with Crippen LogP contribution in [0.15, 0.2) is 73.4 Å². The van der Waals surface area contributed by atoms with Crippen LogP contribution in [-0.2, 0) is 9.59 Å². The second-order valence-corrected chi connectivity index (χ2v) is 6.61. The van der Waals surface area contributed by atoms with Crippen molar-refractivity contribution in [1.29, 1.82) is 0 Å².